The van der Waals surface area contributed by atoms with Gasteiger partial charge in [-0.05, 0) is 65.4 Å². The fraction of sp³-hybridized carbons (Fsp3) is 0.267. The number of thiophene rings is 1. The SMILES string of the molecule is O=C(Nc1cccc(Cl)c1Br)c1cc2c(s1)CCCC2. The number of carbonyl (C=O) groups is 1. The van der Waals surface area contributed by atoms with Crippen LogP contribution in [-0.2, 0) is 12.8 Å². The summed E-state index contributed by atoms with van der Waals surface area (Å²) in [7, 11) is 0. The Morgan fingerprint density at radius 3 is 2.90 bits per heavy atom. The summed E-state index contributed by atoms with van der Waals surface area (Å²) < 4.78 is 0.719. The minimum atomic E-state index is -0.0626. The molecule has 0 atom stereocenters. The molecule has 0 saturated heterocycles. The number of carbonyl (C=O) groups excluding carboxylic acids is 1. The fourth-order valence-electron chi connectivity index (χ4n) is 2.39. The van der Waals surface area contributed by atoms with E-state index in [1.807, 2.05) is 18.2 Å². The summed E-state index contributed by atoms with van der Waals surface area (Å²) in [5.74, 6) is -0.0626. The van der Waals surface area contributed by atoms with Crippen LogP contribution < -0.4 is 5.32 Å². The van der Waals surface area contributed by atoms with Gasteiger partial charge in [-0.2, -0.15) is 0 Å². The maximum atomic E-state index is 12.3. The van der Waals surface area contributed by atoms with Gasteiger partial charge < -0.3 is 5.32 Å². The lowest BCUT2D eigenvalue weighted by Crippen LogP contribution is -2.10. The zero-order valence-corrected chi connectivity index (χ0v) is 13.9. The molecule has 2 nitrogen and oxygen atoms in total. The highest BCUT2D eigenvalue weighted by Gasteiger charge is 2.18. The number of nitrogens with one attached hydrogen (secondary N) is 1. The fourth-order valence-corrected chi connectivity index (χ4v) is 4.07. The van der Waals surface area contributed by atoms with Crippen molar-refractivity contribution in [2.45, 2.75) is 25.7 Å². The molecule has 0 spiro atoms. The summed E-state index contributed by atoms with van der Waals surface area (Å²) in [5.41, 5.74) is 2.05. The third kappa shape index (κ3) is 2.78. The van der Waals surface area contributed by atoms with Crippen LogP contribution in [0.5, 0.6) is 0 Å². The Labute approximate surface area is 135 Å². The maximum Gasteiger partial charge on any atom is 0.265 e. The molecule has 0 fully saturated rings. The average molecular weight is 371 g/mol. The van der Waals surface area contributed by atoms with Gasteiger partial charge in [-0.25, -0.2) is 0 Å². The van der Waals surface area contributed by atoms with Crippen molar-refractivity contribution in [1.29, 1.82) is 0 Å². The molecule has 5 heteroatoms. The molecule has 1 aromatic heterocycles. The number of hydrogen-bond donors (Lipinski definition) is 1. The first kappa shape index (κ1) is 14.1. The normalized spacial score (nSPS) is 13.9. The van der Waals surface area contributed by atoms with Gasteiger partial charge in [0.25, 0.3) is 5.91 Å². The van der Waals surface area contributed by atoms with E-state index in [-0.39, 0.29) is 5.91 Å². The van der Waals surface area contributed by atoms with Gasteiger partial charge in [0, 0.05) is 4.88 Å². The van der Waals surface area contributed by atoms with Gasteiger partial charge in [0.1, 0.15) is 0 Å². The summed E-state index contributed by atoms with van der Waals surface area (Å²) in [6, 6.07) is 7.47. The quantitative estimate of drug-likeness (QED) is 0.764. The van der Waals surface area contributed by atoms with E-state index in [2.05, 4.69) is 21.2 Å². The lowest BCUT2D eigenvalue weighted by Gasteiger charge is -2.08. The summed E-state index contributed by atoms with van der Waals surface area (Å²) in [6.45, 7) is 0. The lowest BCUT2D eigenvalue weighted by molar-refractivity contribution is 0.103. The third-order valence-corrected chi connectivity index (χ3v) is 6.05. The summed E-state index contributed by atoms with van der Waals surface area (Å²) in [4.78, 5) is 14.5. The first-order valence-corrected chi connectivity index (χ1v) is 8.51. The van der Waals surface area contributed by atoms with Crippen LogP contribution in [0.3, 0.4) is 0 Å². The minimum absolute atomic E-state index is 0.0626. The molecule has 2 aromatic rings. The van der Waals surface area contributed by atoms with Crippen LogP contribution in [0, 0.1) is 0 Å². The van der Waals surface area contributed by atoms with Gasteiger partial charge >= 0.3 is 0 Å². The Hall–Kier alpha value is -0.840. The lowest BCUT2D eigenvalue weighted by atomic mass is 9.99. The second-order valence-corrected chi connectivity index (χ2v) is 7.16. The molecule has 104 valence electrons. The monoisotopic (exact) mass is 369 g/mol. The Balaban J connectivity index is 1.82. The molecule has 3 rings (SSSR count). The van der Waals surface area contributed by atoms with Gasteiger partial charge in [-0.1, -0.05) is 17.7 Å². The van der Waals surface area contributed by atoms with E-state index in [0.717, 1.165) is 22.2 Å². The second kappa shape index (κ2) is 5.88. The molecule has 1 heterocycles. The summed E-state index contributed by atoms with van der Waals surface area (Å²) in [5, 5.41) is 3.51. The second-order valence-electron chi connectivity index (χ2n) is 4.82. The molecule has 1 N–H and O–H groups in total. The molecule has 0 radical (unpaired) electrons. The van der Waals surface area contributed by atoms with E-state index in [1.54, 1.807) is 17.4 Å². The third-order valence-electron chi connectivity index (χ3n) is 3.42. The summed E-state index contributed by atoms with van der Waals surface area (Å²) in [6.07, 6.45) is 4.66. The Kier molecular flexibility index (Phi) is 4.15. The Morgan fingerprint density at radius 1 is 1.30 bits per heavy atom. The van der Waals surface area contributed by atoms with E-state index in [9.17, 15) is 4.79 Å². The van der Waals surface area contributed by atoms with E-state index in [0.29, 0.717) is 10.7 Å². The first-order valence-electron chi connectivity index (χ1n) is 6.52. The highest BCUT2D eigenvalue weighted by molar-refractivity contribution is 9.10. The number of aryl methyl sites for hydroxylation is 2. The van der Waals surface area contributed by atoms with Gasteiger partial charge in [0.15, 0.2) is 0 Å². The highest BCUT2D eigenvalue weighted by Crippen LogP contribution is 2.32. The molecule has 1 aliphatic rings. The number of hydrogen-bond acceptors (Lipinski definition) is 2. The molecule has 20 heavy (non-hydrogen) atoms. The van der Waals surface area contributed by atoms with Crippen molar-refractivity contribution in [3.8, 4) is 0 Å². The predicted octanol–water partition coefficient (Wildman–Crippen LogP) is 5.30. The van der Waals surface area contributed by atoms with Crippen LogP contribution in [0.1, 0.15) is 33.0 Å². The smallest absolute Gasteiger partial charge is 0.265 e. The topological polar surface area (TPSA) is 29.1 Å². The molecular weight excluding hydrogens is 358 g/mol. The van der Waals surface area contributed by atoms with Crippen molar-refractivity contribution in [3.05, 3.63) is 49.1 Å². The van der Waals surface area contributed by atoms with Crippen LogP contribution in [-0.4, -0.2) is 5.91 Å². The van der Waals surface area contributed by atoms with Gasteiger partial charge in [-0.15, -0.1) is 11.3 Å². The number of fused-ring (bicyclic) bond motifs is 1. The van der Waals surface area contributed by atoms with Crippen molar-refractivity contribution >= 4 is 50.5 Å². The molecule has 1 aromatic carbocycles. The van der Waals surface area contributed by atoms with Crippen LogP contribution in [0.15, 0.2) is 28.7 Å². The van der Waals surface area contributed by atoms with Gasteiger partial charge in [-0.3, -0.25) is 4.79 Å². The average Bonchev–Trinajstić information content (AvgIpc) is 2.88. The largest absolute Gasteiger partial charge is 0.320 e. The van der Waals surface area contributed by atoms with Crippen LogP contribution in [0.25, 0.3) is 0 Å². The Morgan fingerprint density at radius 2 is 2.10 bits per heavy atom. The predicted molar refractivity (Wildman–Crippen MR) is 88.1 cm³/mol. The van der Waals surface area contributed by atoms with Crippen molar-refractivity contribution in [3.63, 3.8) is 0 Å². The maximum absolute atomic E-state index is 12.3. The molecular formula is C15H13BrClNOS. The van der Waals surface area contributed by atoms with Crippen molar-refractivity contribution < 1.29 is 4.79 Å². The van der Waals surface area contributed by atoms with Crippen LogP contribution in [0.4, 0.5) is 5.69 Å². The van der Waals surface area contributed by atoms with Crippen LogP contribution in [0.2, 0.25) is 5.02 Å². The Bertz CT molecular complexity index is 644. The zero-order chi connectivity index (χ0) is 14.1. The highest BCUT2D eigenvalue weighted by atomic mass is 79.9. The number of rotatable bonds is 2. The first-order chi connectivity index (χ1) is 9.65. The molecule has 1 aliphatic carbocycles. The van der Waals surface area contributed by atoms with E-state index < -0.39 is 0 Å². The summed E-state index contributed by atoms with van der Waals surface area (Å²) >= 11 is 11.0. The van der Waals surface area contributed by atoms with E-state index in [1.165, 1.54) is 23.3 Å². The number of amides is 1. The number of anilines is 1. The standard InChI is InChI=1S/C15H13BrClNOS/c16-14-10(17)5-3-6-11(14)18-15(19)13-8-9-4-1-2-7-12(9)20-13/h3,5-6,8H,1-2,4,7H2,(H,18,19). The van der Waals surface area contributed by atoms with Gasteiger partial charge in [0.2, 0.25) is 0 Å². The molecule has 0 aliphatic heterocycles. The number of halogens is 2. The van der Waals surface area contributed by atoms with Crippen LogP contribution >= 0.6 is 38.9 Å². The van der Waals surface area contributed by atoms with E-state index >= 15 is 0 Å². The van der Waals surface area contributed by atoms with Gasteiger partial charge in [0.05, 0.1) is 20.1 Å². The molecule has 1 amide bonds. The zero-order valence-electron chi connectivity index (χ0n) is 10.7. The number of benzene rings is 1. The van der Waals surface area contributed by atoms with Crippen molar-refractivity contribution in [2.24, 2.45) is 0 Å². The minimum Gasteiger partial charge on any atom is -0.320 e. The van der Waals surface area contributed by atoms with E-state index in [4.69, 9.17) is 11.6 Å². The van der Waals surface area contributed by atoms with Crippen molar-refractivity contribution in [2.75, 3.05) is 5.32 Å². The molecule has 0 bridgehead atoms. The molecule has 0 unspecified atom stereocenters. The van der Waals surface area contributed by atoms with Crippen molar-refractivity contribution in [1.82, 2.24) is 0 Å². The molecule has 0 saturated carbocycles.